The fourth-order valence-electron chi connectivity index (χ4n) is 17.5. The minimum absolute atomic E-state index is 0.163. The predicted molar refractivity (Wildman–Crippen MR) is 435 cm³/mol. The van der Waals surface area contributed by atoms with E-state index in [1.165, 1.54) is 107 Å². The summed E-state index contributed by atoms with van der Waals surface area (Å²) in [6.45, 7) is 6.88. The summed E-state index contributed by atoms with van der Waals surface area (Å²) in [4.78, 5) is 5.36. The summed E-state index contributed by atoms with van der Waals surface area (Å²) in [5, 5.41) is 15.5. The molecule has 4 heterocycles. The van der Waals surface area contributed by atoms with Gasteiger partial charge in [-0.15, -0.1) is 0 Å². The Morgan fingerprint density at radius 2 is 0.584 bits per heavy atom. The second kappa shape index (κ2) is 23.9. The molecule has 0 radical (unpaired) electrons. The fourth-order valence-corrected chi connectivity index (χ4v) is 27.1. The van der Waals surface area contributed by atoms with Crippen LogP contribution < -0.4 is 67.7 Å². The molecule has 478 valence electrons. The zero-order chi connectivity index (χ0) is 67.4. The SMILES string of the molecule is CC(C)(C)c1ccc2c(c1)N(c1ccc3c(c1)c1ccccc1n3-c1ccccc1)c1cc(-n3c4ccccc4c4ccccc43)cc3c1B2c1ccc([Si](c2ccccc2)(c2ccccc2)c2ccccc2)cc1N3c1cccc([Si](c2ccccc2)(c2ccccc2)c2ccccc2)c1. The molecule has 0 amide bonds. The first-order valence-corrected chi connectivity index (χ1v) is 39.3. The Balaban J connectivity index is 0.972. The third-order valence-electron chi connectivity index (χ3n) is 21.9. The largest absolute Gasteiger partial charge is 0.311 e. The first-order chi connectivity index (χ1) is 49.8. The number of anilines is 6. The van der Waals surface area contributed by atoms with Crippen molar-refractivity contribution < 1.29 is 0 Å². The average molecular weight is 1320 g/mol. The van der Waals surface area contributed by atoms with Crippen LogP contribution in [0.15, 0.2) is 376 Å². The maximum Gasteiger partial charge on any atom is 0.252 e. The highest BCUT2D eigenvalue weighted by Crippen LogP contribution is 2.48. The quantitative estimate of drug-likeness (QED) is 0.0895. The summed E-state index contributed by atoms with van der Waals surface area (Å²) in [6.07, 6.45) is 0. The Morgan fingerprint density at radius 3 is 1.04 bits per heavy atom. The van der Waals surface area contributed by atoms with Gasteiger partial charge in [-0.25, -0.2) is 0 Å². The molecular weight excluding hydrogens is 1250 g/mol. The third-order valence-corrected chi connectivity index (χ3v) is 31.5. The van der Waals surface area contributed by atoms with Gasteiger partial charge < -0.3 is 18.9 Å². The van der Waals surface area contributed by atoms with Crippen molar-refractivity contribution in [2.24, 2.45) is 0 Å². The molecule has 0 unspecified atom stereocenters. The van der Waals surface area contributed by atoms with Crippen molar-refractivity contribution in [3.63, 3.8) is 0 Å². The van der Waals surface area contributed by atoms with Crippen molar-refractivity contribution in [1.82, 2.24) is 9.13 Å². The lowest BCUT2D eigenvalue weighted by Gasteiger charge is -2.45. The maximum atomic E-state index is 2.71. The molecule has 0 saturated carbocycles. The Morgan fingerprint density at radius 1 is 0.238 bits per heavy atom. The Kier molecular flexibility index (Phi) is 14.2. The van der Waals surface area contributed by atoms with Gasteiger partial charge in [-0.2, -0.15) is 0 Å². The second-order valence-corrected chi connectivity index (χ2v) is 35.9. The van der Waals surface area contributed by atoms with Gasteiger partial charge in [0.05, 0.1) is 27.8 Å². The van der Waals surface area contributed by atoms with Crippen LogP contribution in [0.2, 0.25) is 0 Å². The first kappa shape index (κ1) is 60.2. The summed E-state index contributed by atoms with van der Waals surface area (Å²) >= 11 is 0. The highest BCUT2D eigenvalue weighted by atomic mass is 28.3. The van der Waals surface area contributed by atoms with E-state index in [9.17, 15) is 0 Å². The minimum Gasteiger partial charge on any atom is -0.311 e. The molecule has 0 atom stereocenters. The van der Waals surface area contributed by atoms with Crippen LogP contribution in [0, 0.1) is 0 Å². The topological polar surface area (TPSA) is 16.3 Å². The van der Waals surface area contributed by atoms with Gasteiger partial charge in [-0.3, -0.25) is 0 Å². The van der Waals surface area contributed by atoms with Crippen molar-refractivity contribution >= 4 is 158 Å². The monoisotopic (exact) mass is 1320 g/mol. The van der Waals surface area contributed by atoms with E-state index in [4.69, 9.17) is 0 Å². The van der Waals surface area contributed by atoms with Crippen LogP contribution in [0.4, 0.5) is 34.1 Å². The lowest BCUT2D eigenvalue weighted by atomic mass is 9.33. The molecule has 19 rings (SSSR count). The molecule has 0 bridgehead atoms. The van der Waals surface area contributed by atoms with Crippen LogP contribution in [-0.2, 0) is 5.41 Å². The van der Waals surface area contributed by atoms with Gasteiger partial charge in [-0.1, -0.05) is 312 Å². The molecule has 0 saturated heterocycles. The van der Waals surface area contributed by atoms with Gasteiger partial charge in [0.25, 0.3) is 6.71 Å². The van der Waals surface area contributed by atoms with Crippen LogP contribution in [0.25, 0.3) is 55.0 Å². The molecule has 7 heteroatoms. The second-order valence-electron chi connectivity index (χ2n) is 28.3. The molecule has 2 aliphatic rings. The lowest BCUT2D eigenvalue weighted by molar-refractivity contribution is 0.590. The molecular formula is C94H71BN4Si2. The smallest absolute Gasteiger partial charge is 0.252 e. The Labute approximate surface area is 592 Å². The van der Waals surface area contributed by atoms with Gasteiger partial charge in [0.2, 0.25) is 0 Å². The number of hydrogen-bond acceptors (Lipinski definition) is 2. The molecule has 17 aromatic rings. The van der Waals surface area contributed by atoms with Gasteiger partial charge in [0.15, 0.2) is 16.1 Å². The van der Waals surface area contributed by atoms with Crippen LogP contribution in [0.3, 0.4) is 0 Å². The van der Waals surface area contributed by atoms with E-state index in [2.05, 4.69) is 416 Å². The van der Waals surface area contributed by atoms with Gasteiger partial charge in [-0.05, 0) is 154 Å². The van der Waals surface area contributed by atoms with Gasteiger partial charge in [0, 0.05) is 61.4 Å². The first-order valence-electron chi connectivity index (χ1n) is 35.3. The summed E-state index contributed by atoms with van der Waals surface area (Å²) < 4.78 is 4.98. The zero-order valence-electron chi connectivity index (χ0n) is 56.7. The van der Waals surface area contributed by atoms with E-state index in [0.29, 0.717) is 0 Å². The minimum atomic E-state index is -3.15. The van der Waals surface area contributed by atoms with Crippen molar-refractivity contribution in [2.45, 2.75) is 26.2 Å². The number of fused-ring (bicyclic) bond motifs is 10. The third kappa shape index (κ3) is 9.34. The van der Waals surface area contributed by atoms with Crippen molar-refractivity contribution in [3.05, 3.63) is 382 Å². The van der Waals surface area contributed by atoms with Crippen LogP contribution >= 0.6 is 0 Å². The number of hydrogen-bond donors (Lipinski definition) is 0. The van der Waals surface area contributed by atoms with E-state index < -0.39 is 16.1 Å². The highest BCUT2D eigenvalue weighted by Gasteiger charge is 2.48. The van der Waals surface area contributed by atoms with Crippen molar-refractivity contribution in [3.8, 4) is 11.4 Å². The molecule has 15 aromatic carbocycles. The Hall–Kier alpha value is -12.0. The van der Waals surface area contributed by atoms with Crippen molar-refractivity contribution in [2.75, 3.05) is 9.80 Å². The van der Waals surface area contributed by atoms with E-state index >= 15 is 0 Å². The average Bonchev–Trinajstić information content (AvgIpc) is 0.739. The molecule has 0 spiro atoms. The molecule has 101 heavy (non-hydrogen) atoms. The fraction of sp³-hybridized carbons (Fsp3) is 0.0426. The van der Waals surface area contributed by atoms with Gasteiger partial charge >= 0.3 is 0 Å². The summed E-state index contributed by atoms with van der Waals surface area (Å²) in [5.74, 6) is 0. The number of aromatic nitrogens is 2. The van der Waals surface area contributed by atoms with Crippen LogP contribution in [-0.4, -0.2) is 32.0 Å². The van der Waals surface area contributed by atoms with E-state index in [1.807, 2.05) is 0 Å². The molecule has 0 fully saturated rings. The number of para-hydroxylation sites is 4. The standard InChI is InChI=1S/C94H71BN4Si2/c1-94(2,3)66-54-57-83-89(60-66)98(69-55-59-88-82(62-69)81-50-27-30-53-87(81)96(88)67-32-11-4-12-33-67)92-64-70(99-85-51-28-25-48-79(85)80-49-26-29-52-86(80)99)63-91-93(92)95(83)84-58-56-78(101(74-41-19-8-20-42-74,75-43-21-9-22-44-75)76-45-23-10-24-46-76)65-90(84)97(91)68-34-31-47-77(61-68)100(71-35-13-5-14-36-71,72-37-15-6-16-38-72)73-39-17-7-18-40-73/h4-65H,1-3H3. The molecule has 0 N–H and O–H groups in total. The number of nitrogens with zero attached hydrogens (tertiary/aromatic N) is 4. The van der Waals surface area contributed by atoms with E-state index in [1.54, 1.807) is 0 Å². The van der Waals surface area contributed by atoms with Crippen molar-refractivity contribution in [1.29, 1.82) is 0 Å². The molecule has 2 aromatic heterocycles. The van der Waals surface area contributed by atoms with Crippen LogP contribution in [0.1, 0.15) is 26.3 Å². The molecule has 2 aliphatic heterocycles. The zero-order valence-corrected chi connectivity index (χ0v) is 58.7. The normalized spacial score (nSPS) is 12.8. The summed E-state index contributed by atoms with van der Waals surface area (Å²) in [5.41, 5.74) is 18.6. The van der Waals surface area contributed by atoms with Gasteiger partial charge in [0.1, 0.15) is 0 Å². The maximum absolute atomic E-state index is 3.15. The molecule has 4 nitrogen and oxygen atoms in total. The van der Waals surface area contributed by atoms with E-state index in [-0.39, 0.29) is 12.1 Å². The number of rotatable bonds is 12. The summed E-state index contributed by atoms with van der Waals surface area (Å²) in [6, 6.07) is 144. The van der Waals surface area contributed by atoms with Crippen LogP contribution in [0.5, 0.6) is 0 Å². The number of benzene rings is 15. The Bertz CT molecular complexity index is 5770. The highest BCUT2D eigenvalue weighted by molar-refractivity contribution is 7.20. The van der Waals surface area contributed by atoms with E-state index in [0.717, 1.165) is 45.2 Å². The summed E-state index contributed by atoms with van der Waals surface area (Å²) in [7, 11) is -6.26. The molecule has 0 aliphatic carbocycles. The predicted octanol–water partition coefficient (Wildman–Crippen LogP) is 16.0. The lowest BCUT2D eigenvalue weighted by Crippen LogP contribution is -2.75.